The lowest BCUT2D eigenvalue weighted by Gasteiger charge is -2.24. The minimum atomic E-state index is -4.10. The summed E-state index contributed by atoms with van der Waals surface area (Å²) in [5, 5.41) is 4.10. The second-order valence-electron chi connectivity index (χ2n) is 6.21. The molecule has 0 atom stereocenters. The first-order valence-electron chi connectivity index (χ1n) is 8.89. The van der Waals surface area contributed by atoms with Crippen LogP contribution < -0.4 is 9.73 Å². The van der Waals surface area contributed by atoms with Crippen molar-refractivity contribution in [3.05, 3.63) is 92.9 Å². The lowest BCUT2D eigenvalue weighted by molar-refractivity contribution is -0.119. The van der Waals surface area contributed by atoms with Gasteiger partial charge in [0.1, 0.15) is 6.54 Å². The van der Waals surface area contributed by atoms with Crippen LogP contribution in [-0.4, -0.2) is 27.1 Å². The highest BCUT2D eigenvalue weighted by atomic mass is 79.9. The molecule has 1 N–H and O–H groups in total. The van der Waals surface area contributed by atoms with E-state index in [0.717, 1.165) is 14.3 Å². The van der Waals surface area contributed by atoms with E-state index in [-0.39, 0.29) is 20.6 Å². The molecule has 0 fully saturated rings. The molecule has 160 valence electrons. The van der Waals surface area contributed by atoms with Gasteiger partial charge in [0.15, 0.2) is 0 Å². The highest BCUT2D eigenvalue weighted by Gasteiger charge is 2.29. The van der Waals surface area contributed by atoms with Gasteiger partial charge in [-0.1, -0.05) is 81.6 Å². The standard InChI is InChI=1S/C21H16BrCl2N3O3S/c22-17-10-5-4-7-15(17)13-25-26-20(28)14-27(19-12-6-11-18(23)21(19)24)31(29,30)16-8-2-1-3-9-16/h1-13H,14H2,(H,26,28)/b25-13-. The Hall–Kier alpha value is -2.39. The van der Waals surface area contributed by atoms with Gasteiger partial charge in [-0.05, 0) is 30.3 Å². The van der Waals surface area contributed by atoms with Crippen LogP contribution in [0.4, 0.5) is 5.69 Å². The van der Waals surface area contributed by atoms with Crippen LogP contribution in [0.1, 0.15) is 5.56 Å². The van der Waals surface area contributed by atoms with Crippen LogP contribution >= 0.6 is 39.1 Å². The molecule has 6 nitrogen and oxygen atoms in total. The first-order chi connectivity index (χ1) is 14.8. The molecule has 31 heavy (non-hydrogen) atoms. The number of carbonyl (C=O) groups excluding carboxylic acids is 1. The number of hydrogen-bond donors (Lipinski definition) is 1. The quantitative estimate of drug-likeness (QED) is 0.334. The topological polar surface area (TPSA) is 78.8 Å². The van der Waals surface area contributed by atoms with Gasteiger partial charge < -0.3 is 0 Å². The van der Waals surface area contributed by atoms with E-state index in [2.05, 4.69) is 26.5 Å². The fourth-order valence-electron chi connectivity index (χ4n) is 2.62. The summed E-state index contributed by atoms with van der Waals surface area (Å²) in [6.07, 6.45) is 1.45. The summed E-state index contributed by atoms with van der Waals surface area (Å²) in [6.45, 7) is -0.551. The average molecular weight is 541 g/mol. The molecule has 0 aliphatic carbocycles. The van der Waals surface area contributed by atoms with E-state index in [1.165, 1.54) is 30.5 Å². The van der Waals surface area contributed by atoms with E-state index in [1.54, 1.807) is 30.3 Å². The molecule has 0 radical (unpaired) electrons. The number of nitrogens with zero attached hydrogens (tertiary/aromatic N) is 2. The van der Waals surface area contributed by atoms with Crippen LogP contribution in [0, 0.1) is 0 Å². The van der Waals surface area contributed by atoms with Crippen LogP contribution in [0.25, 0.3) is 0 Å². The Bertz CT molecular complexity index is 1220. The molecule has 3 aromatic carbocycles. The van der Waals surface area contributed by atoms with Crippen molar-refractivity contribution in [1.29, 1.82) is 0 Å². The summed E-state index contributed by atoms with van der Waals surface area (Å²) in [7, 11) is -4.10. The summed E-state index contributed by atoms with van der Waals surface area (Å²) < 4.78 is 28.2. The van der Waals surface area contributed by atoms with Gasteiger partial charge in [-0.15, -0.1) is 0 Å². The molecule has 0 unspecified atom stereocenters. The number of rotatable bonds is 7. The smallest absolute Gasteiger partial charge is 0.264 e. The third-order valence-corrected chi connectivity index (χ3v) is 7.42. The maximum absolute atomic E-state index is 13.3. The van der Waals surface area contributed by atoms with Crippen molar-refractivity contribution in [2.24, 2.45) is 5.10 Å². The zero-order chi connectivity index (χ0) is 22.4. The largest absolute Gasteiger partial charge is 0.271 e. The third-order valence-electron chi connectivity index (χ3n) is 4.12. The number of hydrogen-bond acceptors (Lipinski definition) is 4. The molecule has 0 saturated heterocycles. The summed E-state index contributed by atoms with van der Waals surface area (Å²) in [6, 6.07) is 19.6. The maximum Gasteiger partial charge on any atom is 0.264 e. The Labute approximate surface area is 198 Å². The van der Waals surface area contributed by atoms with E-state index in [4.69, 9.17) is 23.2 Å². The van der Waals surface area contributed by atoms with Gasteiger partial charge in [0, 0.05) is 10.0 Å². The van der Waals surface area contributed by atoms with E-state index < -0.39 is 22.5 Å². The SMILES string of the molecule is O=C(CN(c1cccc(Cl)c1Cl)S(=O)(=O)c1ccccc1)N/N=C\c1ccccc1Br. The van der Waals surface area contributed by atoms with Crippen LogP contribution in [0.15, 0.2) is 87.3 Å². The van der Waals surface area contributed by atoms with Gasteiger partial charge >= 0.3 is 0 Å². The number of benzene rings is 3. The average Bonchev–Trinajstić information content (AvgIpc) is 2.76. The zero-order valence-corrected chi connectivity index (χ0v) is 19.8. The van der Waals surface area contributed by atoms with Gasteiger partial charge in [-0.25, -0.2) is 13.8 Å². The second-order valence-corrected chi connectivity index (χ2v) is 9.71. The molecule has 0 spiro atoms. The molecule has 0 bridgehead atoms. The van der Waals surface area contributed by atoms with Crippen molar-refractivity contribution >= 4 is 67.0 Å². The van der Waals surface area contributed by atoms with Crippen LogP contribution in [0.3, 0.4) is 0 Å². The van der Waals surface area contributed by atoms with E-state index in [9.17, 15) is 13.2 Å². The minimum absolute atomic E-state index is 0.00978. The van der Waals surface area contributed by atoms with E-state index >= 15 is 0 Å². The van der Waals surface area contributed by atoms with Crippen molar-refractivity contribution in [2.45, 2.75) is 4.90 Å². The number of carbonyl (C=O) groups is 1. The van der Waals surface area contributed by atoms with Crippen molar-refractivity contribution < 1.29 is 13.2 Å². The van der Waals surface area contributed by atoms with Crippen LogP contribution in [0.2, 0.25) is 10.0 Å². The molecule has 1 amide bonds. The second kappa shape index (κ2) is 10.3. The molecule has 0 saturated carbocycles. The van der Waals surface area contributed by atoms with Gasteiger partial charge in [-0.2, -0.15) is 5.10 Å². The van der Waals surface area contributed by atoms with Crippen molar-refractivity contribution in [3.8, 4) is 0 Å². The van der Waals surface area contributed by atoms with E-state index in [0.29, 0.717) is 0 Å². The Morgan fingerprint density at radius 2 is 1.68 bits per heavy atom. The van der Waals surface area contributed by atoms with Crippen LogP contribution in [0.5, 0.6) is 0 Å². The molecule has 3 rings (SSSR count). The van der Waals surface area contributed by atoms with Crippen molar-refractivity contribution in [1.82, 2.24) is 5.43 Å². The number of hydrazone groups is 1. The number of nitrogens with one attached hydrogen (secondary N) is 1. The van der Waals surface area contributed by atoms with Gasteiger partial charge in [-0.3, -0.25) is 9.10 Å². The molecular formula is C21H16BrCl2N3O3S. The molecule has 0 aliphatic rings. The third kappa shape index (κ3) is 5.65. The lowest BCUT2D eigenvalue weighted by Crippen LogP contribution is -2.39. The summed E-state index contributed by atoms with van der Waals surface area (Å²) >= 11 is 15.7. The first-order valence-corrected chi connectivity index (χ1v) is 11.9. The summed E-state index contributed by atoms with van der Waals surface area (Å²) in [4.78, 5) is 12.6. The van der Waals surface area contributed by atoms with Gasteiger partial charge in [0.25, 0.3) is 15.9 Å². The Morgan fingerprint density at radius 3 is 2.39 bits per heavy atom. The number of sulfonamides is 1. The van der Waals surface area contributed by atoms with Crippen molar-refractivity contribution in [2.75, 3.05) is 10.8 Å². The monoisotopic (exact) mass is 539 g/mol. The normalized spacial score (nSPS) is 11.5. The molecule has 0 aromatic heterocycles. The number of halogens is 3. The predicted octanol–water partition coefficient (Wildman–Crippen LogP) is 5.10. The first kappa shape index (κ1) is 23.3. The Balaban J connectivity index is 1.89. The van der Waals surface area contributed by atoms with Crippen molar-refractivity contribution in [3.63, 3.8) is 0 Å². The maximum atomic E-state index is 13.3. The van der Waals surface area contributed by atoms with Gasteiger partial charge in [0.05, 0.1) is 26.8 Å². The molecule has 0 aliphatic heterocycles. The molecule has 0 heterocycles. The van der Waals surface area contributed by atoms with Gasteiger partial charge in [0.2, 0.25) is 0 Å². The fraction of sp³-hybridized carbons (Fsp3) is 0.0476. The highest BCUT2D eigenvalue weighted by Crippen LogP contribution is 2.35. The highest BCUT2D eigenvalue weighted by molar-refractivity contribution is 9.10. The molecule has 3 aromatic rings. The minimum Gasteiger partial charge on any atom is -0.271 e. The zero-order valence-electron chi connectivity index (χ0n) is 15.9. The predicted molar refractivity (Wildman–Crippen MR) is 127 cm³/mol. The molecule has 10 heteroatoms. The van der Waals surface area contributed by atoms with Crippen LogP contribution in [-0.2, 0) is 14.8 Å². The summed E-state index contributed by atoms with van der Waals surface area (Å²) in [5.74, 6) is -0.654. The molecular weight excluding hydrogens is 525 g/mol. The Kier molecular flexibility index (Phi) is 7.72. The number of anilines is 1. The summed E-state index contributed by atoms with van der Waals surface area (Å²) in [5.41, 5.74) is 3.17. The Morgan fingerprint density at radius 1 is 1.00 bits per heavy atom. The fourth-order valence-corrected chi connectivity index (χ4v) is 4.91. The van der Waals surface area contributed by atoms with E-state index in [1.807, 2.05) is 18.2 Å². The number of amides is 1. The lowest BCUT2D eigenvalue weighted by atomic mass is 10.2.